The normalized spacial score (nSPS) is 11.2. The highest BCUT2D eigenvalue weighted by atomic mass is 32.2. The molecule has 114 valence electrons. The molecule has 0 spiro atoms. The standard InChI is InChI=1S/C13H16N2O5S/c1-19-10-3-4-13(20-2)12(6-10)15-21(17,18)11-5-9(8-16)14-7-11/h3-7,14-16H,8H2,1-2H3. The third-order valence-electron chi connectivity index (χ3n) is 2.85. The van der Waals surface area contributed by atoms with E-state index in [1.54, 1.807) is 12.1 Å². The second-order valence-corrected chi connectivity index (χ2v) is 5.87. The summed E-state index contributed by atoms with van der Waals surface area (Å²) in [5, 5.41) is 8.97. The lowest BCUT2D eigenvalue weighted by molar-refractivity contribution is 0.277. The zero-order valence-electron chi connectivity index (χ0n) is 11.6. The molecule has 0 aliphatic rings. The van der Waals surface area contributed by atoms with Gasteiger partial charge in [0.25, 0.3) is 10.0 Å². The summed E-state index contributed by atoms with van der Waals surface area (Å²) in [5.74, 6) is 0.871. The number of aliphatic hydroxyl groups is 1. The van der Waals surface area contributed by atoms with Gasteiger partial charge in [-0.1, -0.05) is 0 Å². The molecular weight excluding hydrogens is 296 g/mol. The van der Waals surface area contributed by atoms with Crippen molar-refractivity contribution in [1.82, 2.24) is 4.98 Å². The Morgan fingerprint density at radius 1 is 1.24 bits per heavy atom. The molecular formula is C13H16N2O5S. The number of hydrogen-bond donors (Lipinski definition) is 3. The average molecular weight is 312 g/mol. The lowest BCUT2D eigenvalue weighted by Crippen LogP contribution is -2.13. The second-order valence-electron chi connectivity index (χ2n) is 4.19. The van der Waals surface area contributed by atoms with E-state index in [2.05, 4.69) is 9.71 Å². The Balaban J connectivity index is 2.35. The average Bonchev–Trinajstić information content (AvgIpc) is 2.96. The van der Waals surface area contributed by atoms with Crippen molar-refractivity contribution >= 4 is 15.7 Å². The summed E-state index contributed by atoms with van der Waals surface area (Å²) in [7, 11) is -0.858. The summed E-state index contributed by atoms with van der Waals surface area (Å²) in [4.78, 5) is 2.70. The van der Waals surface area contributed by atoms with Crippen LogP contribution in [0.25, 0.3) is 0 Å². The van der Waals surface area contributed by atoms with Crippen molar-refractivity contribution in [3.63, 3.8) is 0 Å². The van der Waals surface area contributed by atoms with Crippen molar-refractivity contribution in [2.45, 2.75) is 11.5 Å². The summed E-state index contributed by atoms with van der Waals surface area (Å²) in [6.07, 6.45) is 1.31. The van der Waals surface area contributed by atoms with Gasteiger partial charge < -0.3 is 19.6 Å². The molecule has 1 aromatic heterocycles. The predicted octanol–water partition coefficient (Wildman–Crippen LogP) is 1.32. The number of aromatic nitrogens is 1. The SMILES string of the molecule is COc1ccc(OC)c(NS(=O)(=O)c2c[nH]c(CO)c2)c1. The van der Waals surface area contributed by atoms with Gasteiger partial charge in [0, 0.05) is 18.0 Å². The maximum absolute atomic E-state index is 12.3. The summed E-state index contributed by atoms with van der Waals surface area (Å²) >= 11 is 0. The highest BCUT2D eigenvalue weighted by Crippen LogP contribution is 2.30. The Bertz CT molecular complexity index is 724. The fraction of sp³-hybridized carbons (Fsp3) is 0.231. The van der Waals surface area contributed by atoms with Gasteiger partial charge in [-0.25, -0.2) is 8.42 Å². The number of nitrogens with one attached hydrogen (secondary N) is 2. The molecule has 0 unspecified atom stereocenters. The van der Waals surface area contributed by atoms with Gasteiger partial charge in [0.15, 0.2) is 0 Å². The number of ether oxygens (including phenoxy) is 2. The smallest absolute Gasteiger partial charge is 0.263 e. The lowest BCUT2D eigenvalue weighted by Gasteiger charge is -2.12. The molecule has 0 saturated heterocycles. The molecule has 7 nitrogen and oxygen atoms in total. The van der Waals surface area contributed by atoms with Crippen LogP contribution in [0.4, 0.5) is 5.69 Å². The number of rotatable bonds is 6. The Kier molecular flexibility index (Phi) is 4.39. The van der Waals surface area contributed by atoms with Crippen LogP contribution >= 0.6 is 0 Å². The van der Waals surface area contributed by atoms with E-state index in [1.165, 1.54) is 32.5 Å². The minimum Gasteiger partial charge on any atom is -0.497 e. The van der Waals surface area contributed by atoms with E-state index in [9.17, 15) is 8.42 Å². The summed E-state index contributed by atoms with van der Waals surface area (Å²) in [6.45, 7) is -0.266. The number of H-pyrrole nitrogens is 1. The van der Waals surface area contributed by atoms with Gasteiger partial charge in [-0.2, -0.15) is 0 Å². The Hall–Kier alpha value is -2.19. The molecule has 0 radical (unpaired) electrons. The molecule has 1 aromatic carbocycles. The topological polar surface area (TPSA) is 101 Å². The third kappa shape index (κ3) is 3.29. The van der Waals surface area contributed by atoms with Gasteiger partial charge in [-0.3, -0.25) is 4.72 Å². The molecule has 2 aromatic rings. The van der Waals surface area contributed by atoms with E-state index >= 15 is 0 Å². The fourth-order valence-corrected chi connectivity index (χ4v) is 2.84. The molecule has 0 amide bonds. The van der Waals surface area contributed by atoms with Crippen LogP contribution in [0.15, 0.2) is 35.4 Å². The first kappa shape index (κ1) is 15.2. The van der Waals surface area contributed by atoms with Crippen LogP contribution in [-0.2, 0) is 16.6 Å². The van der Waals surface area contributed by atoms with E-state index < -0.39 is 10.0 Å². The van der Waals surface area contributed by atoms with Gasteiger partial charge >= 0.3 is 0 Å². The Labute approximate surface area is 122 Å². The number of aromatic amines is 1. The monoisotopic (exact) mass is 312 g/mol. The third-order valence-corrected chi connectivity index (χ3v) is 4.19. The van der Waals surface area contributed by atoms with Crippen molar-refractivity contribution < 1.29 is 23.0 Å². The molecule has 0 atom stereocenters. The molecule has 3 N–H and O–H groups in total. The van der Waals surface area contributed by atoms with Crippen molar-refractivity contribution in [2.75, 3.05) is 18.9 Å². The van der Waals surface area contributed by atoms with Gasteiger partial charge in [-0.15, -0.1) is 0 Å². The molecule has 2 rings (SSSR count). The van der Waals surface area contributed by atoms with E-state index in [-0.39, 0.29) is 17.2 Å². The van der Waals surface area contributed by atoms with Crippen molar-refractivity contribution in [3.05, 3.63) is 36.2 Å². The zero-order chi connectivity index (χ0) is 15.5. The number of benzene rings is 1. The zero-order valence-corrected chi connectivity index (χ0v) is 12.4. The molecule has 0 fully saturated rings. The van der Waals surface area contributed by atoms with E-state index in [1.807, 2.05) is 0 Å². The van der Waals surface area contributed by atoms with Crippen LogP contribution in [0.3, 0.4) is 0 Å². The minimum atomic E-state index is -3.79. The van der Waals surface area contributed by atoms with Crippen LogP contribution in [0, 0.1) is 0 Å². The van der Waals surface area contributed by atoms with Crippen LogP contribution in [0.1, 0.15) is 5.69 Å². The maximum atomic E-state index is 12.3. The molecule has 8 heteroatoms. The van der Waals surface area contributed by atoms with Gasteiger partial charge in [0.05, 0.1) is 26.5 Å². The number of methoxy groups -OCH3 is 2. The van der Waals surface area contributed by atoms with Crippen LogP contribution < -0.4 is 14.2 Å². The number of anilines is 1. The Morgan fingerprint density at radius 3 is 2.57 bits per heavy atom. The first-order valence-corrected chi connectivity index (χ1v) is 7.51. The first-order valence-electron chi connectivity index (χ1n) is 6.03. The second kappa shape index (κ2) is 6.06. The van der Waals surface area contributed by atoms with Gasteiger partial charge in [-0.05, 0) is 18.2 Å². The number of sulfonamides is 1. The first-order chi connectivity index (χ1) is 10.00. The fourth-order valence-electron chi connectivity index (χ4n) is 1.76. The summed E-state index contributed by atoms with van der Waals surface area (Å²) in [6, 6.07) is 6.15. The van der Waals surface area contributed by atoms with Crippen LogP contribution in [0.5, 0.6) is 11.5 Å². The van der Waals surface area contributed by atoms with E-state index in [0.717, 1.165) is 0 Å². The van der Waals surface area contributed by atoms with Crippen molar-refractivity contribution in [3.8, 4) is 11.5 Å². The highest BCUT2D eigenvalue weighted by Gasteiger charge is 2.18. The van der Waals surface area contributed by atoms with E-state index in [0.29, 0.717) is 17.2 Å². The van der Waals surface area contributed by atoms with Gasteiger partial charge in [0.1, 0.15) is 16.4 Å². The largest absolute Gasteiger partial charge is 0.497 e. The highest BCUT2D eigenvalue weighted by molar-refractivity contribution is 7.92. The number of hydrogen-bond acceptors (Lipinski definition) is 5. The van der Waals surface area contributed by atoms with Crippen LogP contribution in [0.2, 0.25) is 0 Å². The predicted molar refractivity (Wildman–Crippen MR) is 77.1 cm³/mol. The summed E-state index contributed by atoms with van der Waals surface area (Å²) in [5.41, 5.74) is 0.677. The van der Waals surface area contributed by atoms with Crippen molar-refractivity contribution in [2.24, 2.45) is 0 Å². The molecule has 0 saturated carbocycles. The molecule has 0 aliphatic carbocycles. The molecule has 1 heterocycles. The minimum absolute atomic E-state index is 0.0245. The maximum Gasteiger partial charge on any atom is 0.263 e. The molecule has 21 heavy (non-hydrogen) atoms. The Morgan fingerprint density at radius 2 is 2.00 bits per heavy atom. The summed E-state index contributed by atoms with van der Waals surface area (Å²) < 4.78 is 37.2. The van der Waals surface area contributed by atoms with Crippen molar-refractivity contribution in [1.29, 1.82) is 0 Å². The van der Waals surface area contributed by atoms with Gasteiger partial charge in [0.2, 0.25) is 0 Å². The number of aliphatic hydroxyl groups excluding tert-OH is 1. The molecule has 0 bridgehead atoms. The van der Waals surface area contributed by atoms with Crippen LogP contribution in [-0.4, -0.2) is 32.7 Å². The lowest BCUT2D eigenvalue weighted by atomic mass is 10.3. The van der Waals surface area contributed by atoms with E-state index in [4.69, 9.17) is 14.6 Å². The molecule has 0 aliphatic heterocycles. The quantitative estimate of drug-likeness (QED) is 0.747.